The molecule has 26 heavy (non-hydrogen) atoms. The molecule has 2 fully saturated rings. The number of carbonyl (C=O) groups is 2. The second kappa shape index (κ2) is 7.20. The monoisotopic (exact) mass is 350 g/mol. The molecular formula is C22H26N2O2. The van der Waals surface area contributed by atoms with Crippen molar-refractivity contribution in [2.45, 2.75) is 38.1 Å². The van der Waals surface area contributed by atoms with Gasteiger partial charge in [-0.05, 0) is 55.1 Å². The van der Waals surface area contributed by atoms with E-state index >= 15 is 0 Å². The van der Waals surface area contributed by atoms with Crippen LogP contribution in [-0.4, -0.2) is 42.8 Å². The van der Waals surface area contributed by atoms with Crippen LogP contribution >= 0.6 is 0 Å². The first-order valence-corrected chi connectivity index (χ1v) is 9.70. The molecule has 0 spiro atoms. The van der Waals surface area contributed by atoms with Crippen LogP contribution < -0.4 is 5.32 Å². The topological polar surface area (TPSA) is 49.4 Å². The molecule has 2 aliphatic rings. The molecule has 1 saturated carbocycles. The summed E-state index contributed by atoms with van der Waals surface area (Å²) in [5.74, 6) is 0.0866. The molecule has 1 N–H and O–H groups in total. The van der Waals surface area contributed by atoms with Crippen molar-refractivity contribution >= 4 is 22.5 Å². The zero-order valence-corrected chi connectivity index (χ0v) is 15.3. The van der Waals surface area contributed by atoms with E-state index in [1.807, 2.05) is 30.3 Å². The van der Waals surface area contributed by atoms with E-state index in [0.29, 0.717) is 17.2 Å². The Bertz CT molecular complexity index is 841. The van der Waals surface area contributed by atoms with Gasteiger partial charge in [0.15, 0.2) is 5.78 Å². The molecule has 1 aliphatic heterocycles. The van der Waals surface area contributed by atoms with Crippen LogP contribution in [0.25, 0.3) is 10.8 Å². The summed E-state index contributed by atoms with van der Waals surface area (Å²) < 4.78 is 0. The first-order chi connectivity index (χ1) is 12.7. The molecule has 1 unspecified atom stereocenters. The highest BCUT2D eigenvalue weighted by molar-refractivity contribution is 6.11. The summed E-state index contributed by atoms with van der Waals surface area (Å²) in [6, 6.07) is 12.2. The first-order valence-electron chi connectivity index (χ1n) is 9.70. The number of hydrogen-bond donors (Lipinski definition) is 1. The van der Waals surface area contributed by atoms with Gasteiger partial charge in [0.1, 0.15) is 0 Å². The third kappa shape index (κ3) is 3.14. The van der Waals surface area contributed by atoms with Crippen LogP contribution in [0.3, 0.4) is 0 Å². The molecule has 4 nitrogen and oxygen atoms in total. The molecular weight excluding hydrogens is 324 g/mol. The number of fused-ring (bicyclic) bond motifs is 1. The normalized spacial score (nSPS) is 21.3. The fourth-order valence-electron chi connectivity index (χ4n) is 4.32. The van der Waals surface area contributed by atoms with E-state index in [1.54, 1.807) is 13.1 Å². The molecule has 4 heteroatoms. The SMILES string of the molecule is CNC(=O)c1cc(C(=O)C2CCCN(C3CCC3)C2)cc2ccccc12. The van der Waals surface area contributed by atoms with Gasteiger partial charge in [0.25, 0.3) is 5.91 Å². The average Bonchev–Trinajstić information content (AvgIpc) is 2.64. The van der Waals surface area contributed by atoms with Gasteiger partial charge < -0.3 is 5.32 Å². The van der Waals surface area contributed by atoms with Gasteiger partial charge in [0.2, 0.25) is 0 Å². The molecule has 2 aromatic carbocycles. The zero-order chi connectivity index (χ0) is 18.1. The second-order valence-electron chi connectivity index (χ2n) is 7.61. The van der Waals surface area contributed by atoms with Gasteiger partial charge in [-0.1, -0.05) is 30.7 Å². The molecule has 1 amide bonds. The lowest BCUT2D eigenvalue weighted by atomic mass is 9.84. The van der Waals surface area contributed by atoms with Crippen molar-refractivity contribution in [3.63, 3.8) is 0 Å². The van der Waals surface area contributed by atoms with Crippen LogP contribution in [0.15, 0.2) is 36.4 Å². The van der Waals surface area contributed by atoms with Gasteiger partial charge in [-0.25, -0.2) is 0 Å². The Balaban J connectivity index is 1.64. The minimum absolute atomic E-state index is 0.0445. The predicted octanol–water partition coefficient (Wildman–Crippen LogP) is 3.65. The number of nitrogens with zero attached hydrogens (tertiary/aromatic N) is 1. The number of benzene rings is 2. The standard InChI is InChI=1S/C22H26N2O2/c1-23-22(26)20-13-17(12-15-6-2-3-10-19(15)20)21(25)16-7-5-11-24(14-16)18-8-4-9-18/h2-3,6,10,12-13,16,18H,4-5,7-9,11,14H2,1H3,(H,23,26). The van der Waals surface area contributed by atoms with Gasteiger partial charge in [-0.2, -0.15) is 0 Å². The molecule has 0 aromatic heterocycles. The quantitative estimate of drug-likeness (QED) is 0.857. The summed E-state index contributed by atoms with van der Waals surface area (Å²) >= 11 is 0. The summed E-state index contributed by atoms with van der Waals surface area (Å²) in [5.41, 5.74) is 1.25. The van der Waals surface area contributed by atoms with Crippen LogP contribution in [0, 0.1) is 5.92 Å². The van der Waals surface area contributed by atoms with Crippen LogP contribution in [0.4, 0.5) is 0 Å². The van der Waals surface area contributed by atoms with Crippen molar-refractivity contribution in [2.24, 2.45) is 5.92 Å². The van der Waals surface area contributed by atoms with Gasteiger partial charge in [-0.3, -0.25) is 14.5 Å². The van der Waals surface area contributed by atoms with E-state index in [4.69, 9.17) is 0 Å². The zero-order valence-electron chi connectivity index (χ0n) is 15.3. The first kappa shape index (κ1) is 17.2. The van der Waals surface area contributed by atoms with Crippen molar-refractivity contribution in [3.05, 3.63) is 47.5 Å². The molecule has 1 saturated heterocycles. The van der Waals surface area contributed by atoms with Crippen LogP contribution in [0.2, 0.25) is 0 Å². The van der Waals surface area contributed by atoms with Crippen LogP contribution in [0.5, 0.6) is 0 Å². The largest absolute Gasteiger partial charge is 0.355 e. The van der Waals surface area contributed by atoms with Gasteiger partial charge in [-0.15, -0.1) is 0 Å². The summed E-state index contributed by atoms with van der Waals surface area (Å²) in [4.78, 5) is 28.1. The predicted molar refractivity (Wildman–Crippen MR) is 104 cm³/mol. The van der Waals surface area contributed by atoms with Gasteiger partial charge in [0.05, 0.1) is 0 Å². The molecule has 1 aliphatic carbocycles. The fraction of sp³-hybridized carbons (Fsp3) is 0.455. The Kier molecular flexibility index (Phi) is 4.77. The lowest BCUT2D eigenvalue weighted by molar-refractivity contribution is 0.0612. The third-order valence-corrected chi connectivity index (χ3v) is 6.03. The molecule has 1 heterocycles. The van der Waals surface area contributed by atoms with E-state index in [2.05, 4.69) is 10.2 Å². The van der Waals surface area contributed by atoms with E-state index < -0.39 is 0 Å². The van der Waals surface area contributed by atoms with Crippen LogP contribution in [-0.2, 0) is 0 Å². The van der Waals surface area contributed by atoms with Crippen molar-refractivity contribution in [1.82, 2.24) is 10.2 Å². The Labute approximate surface area is 154 Å². The molecule has 2 aromatic rings. The molecule has 0 radical (unpaired) electrons. The Morgan fingerprint density at radius 3 is 2.62 bits per heavy atom. The lowest BCUT2D eigenvalue weighted by Crippen LogP contribution is -2.47. The van der Waals surface area contributed by atoms with Gasteiger partial charge in [0, 0.05) is 36.7 Å². The summed E-state index contributed by atoms with van der Waals surface area (Å²) in [6.45, 7) is 1.99. The highest BCUT2D eigenvalue weighted by Crippen LogP contribution is 2.31. The summed E-state index contributed by atoms with van der Waals surface area (Å²) in [5, 5.41) is 4.54. The van der Waals surface area contributed by atoms with Crippen molar-refractivity contribution in [2.75, 3.05) is 20.1 Å². The fourth-order valence-corrected chi connectivity index (χ4v) is 4.32. The number of amides is 1. The second-order valence-corrected chi connectivity index (χ2v) is 7.61. The lowest BCUT2D eigenvalue weighted by Gasteiger charge is -2.42. The summed E-state index contributed by atoms with van der Waals surface area (Å²) in [7, 11) is 1.63. The Morgan fingerprint density at radius 1 is 1.08 bits per heavy atom. The minimum Gasteiger partial charge on any atom is -0.355 e. The maximum absolute atomic E-state index is 13.2. The van der Waals surface area contributed by atoms with Crippen molar-refractivity contribution < 1.29 is 9.59 Å². The maximum Gasteiger partial charge on any atom is 0.251 e. The number of rotatable bonds is 4. The average molecular weight is 350 g/mol. The highest BCUT2D eigenvalue weighted by Gasteiger charge is 2.32. The highest BCUT2D eigenvalue weighted by atomic mass is 16.1. The van der Waals surface area contributed by atoms with E-state index in [-0.39, 0.29) is 17.6 Å². The summed E-state index contributed by atoms with van der Waals surface area (Å²) in [6.07, 6.45) is 5.91. The van der Waals surface area contributed by atoms with E-state index in [0.717, 1.165) is 36.7 Å². The maximum atomic E-state index is 13.2. The number of hydrogen-bond acceptors (Lipinski definition) is 3. The number of nitrogens with one attached hydrogen (secondary N) is 1. The molecule has 4 rings (SSSR count). The Morgan fingerprint density at radius 2 is 1.88 bits per heavy atom. The number of piperidine rings is 1. The van der Waals surface area contributed by atoms with Gasteiger partial charge >= 0.3 is 0 Å². The molecule has 1 atom stereocenters. The van der Waals surface area contributed by atoms with E-state index in [1.165, 1.54) is 19.3 Å². The third-order valence-electron chi connectivity index (χ3n) is 6.03. The van der Waals surface area contributed by atoms with Crippen LogP contribution in [0.1, 0.15) is 52.8 Å². The number of ketones is 1. The number of Topliss-reactive ketones (excluding diaryl/α,β-unsaturated/α-hetero) is 1. The minimum atomic E-state index is -0.143. The molecule has 136 valence electrons. The van der Waals surface area contributed by atoms with Crippen molar-refractivity contribution in [1.29, 1.82) is 0 Å². The number of likely N-dealkylation sites (tertiary alicyclic amines) is 1. The smallest absolute Gasteiger partial charge is 0.251 e. The Hall–Kier alpha value is -2.20. The molecule has 0 bridgehead atoms. The van der Waals surface area contributed by atoms with Crippen molar-refractivity contribution in [3.8, 4) is 0 Å². The number of carbonyl (C=O) groups excluding carboxylic acids is 2. The van der Waals surface area contributed by atoms with E-state index in [9.17, 15) is 9.59 Å².